The lowest BCUT2D eigenvalue weighted by Crippen LogP contribution is -2.61. The summed E-state index contributed by atoms with van der Waals surface area (Å²) in [5, 5.41) is 3.02. The largest absolute Gasteiger partial charge is 0.490 e. The molecule has 2 heteroatoms. The van der Waals surface area contributed by atoms with Gasteiger partial charge in [-0.2, -0.15) is 0 Å². The van der Waals surface area contributed by atoms with Crippen LogP contribution in [0.3, 0.4) is 0 Å². The van der Waals surface area contributed by atoms with Crippen molar-refractivity contribution in [3.8, 4) is 5.75 Å². The minimum absolute atomic E-state index is 0.233. The molecule has 1 saturated carbocycles. The van der Waals surface area contributed by atoms with Gasteiger partial charge in [-0.1, -0.05) is 109 Å². The zero-order valence-corrected chi connectivity index (χ0v) is 19.3. The standard InChI is InChI=1S/C29H32OSi/c1-5-13-24(14-6-1)25-21-27(30-26-15-7-2-8-16-26)23-31(22-25,28-17-9-3-10-18-28)29-19-11-4-12-20-29/h2-4,7-12,15-20,22,24,27H,1,5-6,13-14,21,23H2. The Labute approximate surface area is 187 Å². The Morgan fingerprint density at radius 3 is 1.77 bits per heavy atom. The summed E-state index contributed by atoms with van der Waals surface area (Å²) >= 11 is 0. The van der Waals surface area contributed by atoms with Crippen LogP contribution in [-0.4, -0.2) is 14.2 Å². The second-order valence-electron chi connectivity index (χ2n) is 9.22. The molecule has 0 bridgehead atoms. The number of hydrogen-bond acceptors (Lipinski definition) is 1. The molecule has 1 aliphatic heterocycles. The van der Waals surface area contributed by atoms with Crippen LogP contribution in [0.25, 0.3) is 0 Å². The molecular formula is C29H32OSi. The molecule has 0 saturated heterocycles. The summed E-state index contributed by atoms with van der Waals surface area (Å²) in [6.07, 6.45) is 8.14. The summed E-state index contributed by atoms with van der Waals surface area (Å²) in [6.45, 7) is 0. The molecule has 1 nitrogen and oxygen atoms in total. The molecule has 0 aromatic heterocycles. The topological polar surface area (TPSA) is 9.23 Å². The Morgan fingerprint density at radius 2 is 1.19 bits per heavy atom. The van der Waals surface area contributed by atoms with Gasteiger partial charge in [0, 0.05) is 6.42 Å². The average Bonchev–Trinajstić information content (AvgIpc) is 2.86. The molecule has 1 heterocycles. The average molecular weight is 425 g/mol. The van der Waals surface area contributed by atoms with Gasteiger partial charge in [0.1, 0.15) is 19.9 Å². The van der Waals surface area contributed by atoms with Gasteiger partial charge in [0.2, 0.25) is 0 Å². The Balaban J connectivity index is 1.61. The third-order valence-electron chi connectivity index (χ3n) is 7.20. The molecule has 1 fully saturated rings. The first kappa shape index (κ1) is 20.3. The molecule has 3 aromatic rings. The Hall–Kier alpha value is -2.58. The van der Waals surface area contributed by atoms with E-state index in [1.54, 1.807) is 5.57 Å². The highest BCUT2D eigenvalue weighted by Gasteiger charge is 2.43. The van der Waals surface area contributed by atoms with Crippen molar-refractivity contribution in [3.63, 3.8) is 0 Å². The van der Waals surface area contributed by atoms with Gasteiger partial charge in [0.05, 0.1) is 0 Å². The molecule has 1 unspecified atom stereocenters. The summed E-state index contributed by atoms with van der Waals surface area (Å²) in [6, 6.07) is 34.1. The first-order valence-corrected chi connectivity index (χ1v) is 14.2. The van der Waals surface area contributed by atoms with E-state index >= 15 is 0 Å². The Morgan fingerprint density at radius 1 is 0.645 bits per heavy atom. The second-order valence-corrected chi connectivity index (χ2v) is 13.0. The van der Waals surface area contributed by atoms with Crippen molar-refractivity contribution in [2.75, 3.05) is 0 Å². The van der Waals surface area contributed by atoms with Crippen molar-refractivity contribution in [2.24, 2.45) is 5.92 Å². The molecule has 0 N–H and O–H groups in total. The lowest BCUT2D eigenvalue weighted by atomic mass is 9.82. The zero-order chi connectivity index (χ0) is 20.9. The number of benzene rings is 3. The van der Waals surface area contributed by atoms with E-state index in [2.05, 4.69) is 96.7 Å². The summed E-state index contributed by atoms with van der Waals surface area (Å²) in [5.74, 6) is 1.73. The van der Waals surface area contributed by atoms with Crippen molar-refractivity contribution in [3.05, 3.63) is 102 Å². The van der Waals surface area contributed by atoms with E-state index in [4.69, 9.17) is 4.74 Å². The van der Waals surface area contributed by atoms with E-state index in [1.807, 2.05) is 0 Å². The van der Waals surface area contributed by atoms with E-state index in [0.29, 0.717) is 0 Å². The highest BCUT2D eigenvalue weighted by atomic mass is 28.3. The minimum atomic E-state index is -2.09. The Bertz CT molecular complexity index is 951. The van der Waals surface area contributed by atoms with Gasteiger partial charge in [0.25, 0.3) is 0 Å². The van der Waals surface area contributed by atoms with E-state index in [9.17, 15) is 0 Å². The van der Waals surface area contributed by atoms with Gasteiger partial charge in [-0.25, -0.2) is 0 Å². The first-order chi connectivity index (χ1) is 15.3. The lowest BCUT2D eigenvalue weighted by molar-refractivity contribution is 0.211. The molecule has 0 radical (unpaired) electrons. The maximum Gasteiger partial charge on any atom is 0.144 e. The van der Waals surface area contributed by atoms with Crippen molar-refractivity contribution in [2.45, 2.75) is 50.7 Å². The zero-order valence-electron chi connectivity index (χ0n) is 18.3. The Kier molecular flexibility index (Phi) is 6.08. The molecule has 31 heavy (non-hydrogen) atoms. The fourth-order valence-corrected chi connectivity index (χ4v) is 10.5. The molecule has 3 aromatic carbocycles. The predicted octanol–water partition coefficient (Wildman–Crippen LogP) is 6.15. The molecule has 5 rings (SSSR count). The number of ether oxygens (including phenoxy) is 1. The van der Waals surface area contributed by atoms with E-state index in [1.165, 1.54) is 42.5 Å². The van der Waals surface area contributed by atoms with E-state index in [0.717, 1.165) is 24.1 Å². The second kappa shape index (κ2) is 9.28. The van der Waals surface area contributed by atoms with Crippen LogP contribution >= 0.6 is 0 Å². The molecule has 0 amide bonds. The summed E-state index contributed by atoms with van der Waals surface area (Å²) in [4.78, 5) is 0. The lowest BCUT2D eigenvalue weighted by Gasteiger charge is -2.41. The van der Waals surface area contributed by atoms with Crippen LogP contribution in [0.1, 0.15) is 38.5 Å². The van der Waals surface area contributed by atoms with Crippen LogP contribution in [0.2, 0.25) is 6.04 Å². The maximum atomic E-state index is 6.67. The summed E-state index contributed by atoms with van der Waals surface area (Å²) < 4.78 is 6.67. The highest BCUT2D eigenvalue weighted by molar-refractivity contribution is 7.06. The minimum Gasteiger partial charge on any atom is -0.490 e. The summed E-state index contributed by atoms with van der Waals surface area (Å²) in [7, 11) is -2.09. The van der Waals surface area contributed by atoms with Crippen molar-refractivity contribution in [1.29, 1.82) is 0 Å². The molecule has 158 valence electrons. The molecule has 1 aliphatic carbocycles. The van der Waals surface area contributed by atoms with Crippen molar-refractivity contribution < 1.29 is 4.74 Å². The van der Waals surface area contributed by atoms with Crippen molar-refractivity contribution in [1.82, 2.24) is 0 Å². The fourth-order valence-electron chi connectivity index (χ4n) is 5.70. The molecule has 0 spiro atoms. The van der Waals surface area contributed by atoms with Gasteiger partial charge in [-0.05, 0) is 47.3 Å². The third kappa shape index (κ3) is 4.40. The van der Waals surface area contributed by atoms with Crippen LogP contribution in [-0.2, 0) is 0 Å². The quantitative estimate of drug-likeness (QED) is 0.447. The van der Waals surface area contributed by atoms with Gasteiger partial charge in [-0.15, -0.1) is 0 Å². The normalized spacial score (nSPS) is 21.3. The van der Waals surface area contributed by atoms with Crippen LogP contribution in [0.15, 0.2) is 102 Å². The van der Waals surface area contributed by atoms with Gasteiger partial charge in [-0.3, -0.25) is 0 Å². The molecule has 1 atom stereocenters. The first-order valence-electron chi connectivity index (χ1n) is 11.9. The molecular weight excluding hydrogens is 392 g/mol. The highest BCUT2D eigenvalue weighted by Crippen LogP contribution is 2.38. The van der Waals surface area contributed by atoms with Crippen LogP contribution in [0, 0.1) is 5.92 Å². The third-order valence-corrected chi connectivity index (χ3v) is 11.9. The van der Waals surface area contributed by atoms with Gasteiger partial charge in [0.15, 0.2) is 0 Å². The number of hydrogen-bond donors (Lipinski definition) is 0. The van der Waals surface area contributed by atoms with E-state index < -0.39 is 8.07 Å². The van der Waals surface area contributed by atoms with Gasteiger partial charge >= 0.3 is 0 Å². The van der Waals surface area contributed by atoms with E-state index in [-0.39, 0.29) is 6.10 Å². The van der Waals surface area contributed by atoms with Crippen LogP contribution in [0.5, 0.6) is 5.75 Å². The number of para-hydroxylation sites is 1. The fraction of sp³-hybridized carbons (Fsp3) is 0.310. The monoisotopic (exact) mass is 424 g/mol. The van der Waals surface area contributed by atoms with Crippen LogP contribution < -0.4 is 15.1 Å². The number of rotatable bonds is 5. The van der Waals surface area contributed by atoms with Crippen molar-refractivity contribution >= 4 is 18.4 Å². The predicted molar refractivity (Wildman–Crippen MR) is 133 cm³/mol. The smallest absolute Gasteiger partial charge is 0.144 e. The SMILES string of the molecule is C1=C(C2CCCCC2)CC(Oc2ccccc2)C[Si]1(c1ccccc1)c1ccccc1. The maximum absolute atomic E-state index is 6.67. The summed E-state index contributed by atoms with van der Waals surface area (Å²) in [5.41, 5.74) is 4.45. The molecule has 2 aliphatic rings. The van der Waals surface area contributed by atoms with Crippen LogP contribution in [0.4, 0.5) is 0 Å². The van der Waals surface area contributed by atoms with Gasteiger partial charge < -0.3 is 4.74 Å².